The minimum atomic E-state index is -0.495. The maximum absolute atomic E-state index is 13.6. The van der Waals surface area contributed by atoms with Crippen LogP contribution in [0.2, 0.25) is 0 Å². The molecule has 0 spiro atoms. The lowest BCUT2D eigenvalue weighted by atomic mass is 10.2. The van der Waals surface area contributed by atoms with Crippen LogP contribution in [0.5, 0.6) is 11.5 Å². The molecule has 5 rings (SSSR count). The molecule has 0 bridgehead atoms. The van der Waals surface area contributed by atoms with Crippen LogP contribution < -0.4 is 25.0 Å². The SMILES string of the molecule is COc1ccc(NC2=C(Sc3cccc(NC(=O)c4ccco4)c3)C(=O)N(c3ccc(OC)cc3)C2=O)cc1. The van der Waals surface area contributed by atoms with Gasteiger partial charge in [0.2, 0.25) is 0 Å². The molecule has 1 aliphatic rings. The second kappa shape index (κ2) is 11.2. The molecular weight excluding hydrogens is 518 g/mol. The topological polar surface area (TPSA) is 110 Å². The maximum atomic E-state index is 13.6. The predicted octanol–water partition coefficient (Wildman–Crippen LogP) is 5.54. The molecule has 196 valence electrons. The standard InChI is InChI=1S/C29H23N3O6S/c1-36-21-12-8-18(9-13-21)30-25-26(29(35)32(28(25)34)20-10-14-22(37-2)15-11-20)39-23-6-3-5-19(17-23)31-27(33)24-7-4-16-38-24/h3-17,30H,1-2H3,(H,31,33). The van der Waals surface area contributed by atoms with Gasteiger partial charge in [-0.05, 0) is 78.9 Å². The summed E-state index contributed by atoms with van der Waals surface area (Å²) in [4.78, 5) is 41.6. The third kappa shape index (κ3) is 5.51. The zero-order valence-electron chi connectivity index (χ0n) is 21.0. The van der Waals surface area contributed by atoms with Gasteiger partial charge in [0.05, 0.1) is 26.2 Å². The van der Waals surface area contributed by atoms with E-state index in [4.69, 9.17) is 13.9 Å². The molecule has 9 nitrogen and oxygen atoms in total. The van der Waals surface area contributed by atoms with Crippen molar-refractivity contribution in [3.05, 3.63) is 108 Å². The minimum Gasteiger partial charge on any atom is -0.497 e. The Bertz CT molecular complexity index is 1550. The molecule has 10 heteroatoms. The lowest BCUT2D eigenvalue weighted by Crippen LogP contribution is -2.32. The summed E-state index contributed by atoms with van der Waals surface area (Å²) in [5.74, 6) is 0.0630. The number of hydrogen-bond donors (Lipinski definition) is 2. The Morgan fingerprint density at radius 1 is 0.821 bits per heavy atom. The van der Waals surface area contributed by atoms with Gasteiger partial charge in [0.25, 0.3) is 17.7 Å². The number of benzene rings is 3. The molecular formula is C29H23N3O6S. The van der Waals surface area contributed by atoms with E-state index in [2.05, 4.69) is 10.6 Å². The van der Waals surface area contributed by atoms with E-state index in [0.29, 0.717) is 33.5 Å². The van der Waals surface area contributed by atoms with Crippen molar-refractivity contribution < 1.29 is 28.3 Å². The van der Waals surface area contributed by atoms with E-state index in [9.17, 15) is 14.4 Å². The van der Waals surface area contributed by atoms with Crippen LogP contribution in [0.1, 0.15) is 10.6 Å². The van der Waals surface area contributed by atoms with E-state index < -0.39 is 17.7 Å². The number of carbonyl (C=O) groups excluding carboxylic acids is 3. The summed E-state index contributed by atoms with van der Waals surface area (Å²) in [7, 11) is 3.11. The average Bonchev–Trinajstić information content (AvgIpc) is 3.58. The summed E-state index contributed by atoms with van der Waals surface area (Å²) in [5, 5.41) is 5.89. The Labute approximate surface area is 228 Å². The van der Waals surface area contributed by atoms with Crippen molar-refractivity contribution in [2.45, 2.75) is 4.90 Å². The summed E-state index contributed by atoms with van der Waals surface area (Å²) in [6.45, 7) is 0. The summed E-state index contributed by atoms with van der Waals surface area (Å²) in [6.07, 6.45) is 1.42. The second-order valence-electron chi connectivity index (χ2n) is 8.26. The van der Waals surface area contributed by atoms with Gasteiger partial charge in [0, 0.05) is 16.3 Å². The number of thioether (sulfide) groups is 1. The number of amides is 3. The van der Waals surface area contributed by atoms with E-state index in [0.717, 1.165) is 16.7 Å². The third-order valence-corrected chi connectivity index (χ3v) is 6.86. The first-order valence-corrected chi connectivity index (χ1v) is 12.6. The smallest absolute Gasteiger partial charge is 0.291 e. The maximum Gasteiger partial charge on any atom is 0.291 e. The molecule has 39 heavy (non-hydrogen) atoms. The zero-order chi connectivity index (χ0) is 27.4. The number of nitrogens with one attached hydrogen (secondary N) is 2. The number of ether oxygens (including phenoxy) is 2. The highest BCUT2D eigenvalue weighted by Crippen LogP contribution is 2.39. The Balaban J connectivity index is 1.46. The molecule has 2 heterocycles. The molecule has 3 amide bonds. The Kier molecular flexibility index (Phi) is 7.37. The van der Waals surface area contributed by atoms with Crippen molar-refractivity contribution in [1.29, 1.82) is 0 Å². The Morgan fingerprint density at radius 2 is 1.51 bits per heavy atom. The summed E-state index contributed by atoms with van der Waals surface area (Å²) < 4.78 is 15.6. The highest BCUT2D eigenvalue weighted by Gasteiger charge is 2.40. The molecule has 1 aliphatic heterocycles. The number of carbonyl (C=O) groups is 3. The number of rotatable bonds is 9. The van der Waals surface area contributed by atoms with Gasteiger partial charge in [-0.25, -0.2) is 4.90 Å². The molecule has 2 N–H and O–H groups in total. The Hall–Kier alpha value is -4.96. The number of hydrogen-bond acceptors (Lipinski definition) is 8. The average molecular weight is 542 g/mol. The third-order valence-electron chi connectivity index (χ3n) is 5.79. The van der Waals surface area contributed by atoms with Crippen LogP contribution >= 0.6 is 11.8 Å². The van der Waals surface area contributed by atoms with E-state index >= 15 is 0 Å². The molecule has 0 fully saturated rings. The van der Waals surface area contributed by atoms with Crippen LogP contribution in [0.3, 0.4) is 0 Å². The number of methoxy groups -OCH3 is 2. The van der Waals surface area contributed by atoms with Gasteiger partial charge in [0.1, 0.15) is 22.1 Å². The first-order valence-electron chi connectivity index (χ1n) is 11.8. The van der Waals surface area contributed by atoms with Crippen LogP contribution in [0.25, 0.3) is 0 Å². The highest BCUT2D eigenvalue weighted by atomic mass is 32.2. The van der Waals surface area contributed by atoms with Crippen molar-refractivity contribution in [3.8, 4) is 11.5 Å². The highest BCUT2D eigenvalue weighted by molar-refractivity contribution is 8.04. The summed E-state index contributed by atoms with van der Waals surface area (Å²) in [6, 6.07) is 23.9. The molecule has 4 aromatic rings. The largest absolute Gasteiger partial charge is 0.497 e. The van der Waals surface area contributed by atoms with Crippen molar-refractivity contribution in [2.75, 3.05) is 29.8 Å². The molecule has 0 radical (unpaired) electrons. The fourth-order valence-corrected chi connectivity index (χ4v) is 4.84. The molecule has 0 unspecified atom stereocenters. The van der Waals surface area contributed by atoms with Crippen LogP contribution in [0.15, 0.2) is 111 Å². The van der Waals surface area contributed by atoms with Crippen molar-refractivity contribution in [2.24, 2.45) is 0 Å². The molecule has 3 aromatic carbocycles. The van der Waals surface area contributed by atoms with Gasteiger partial charge in [-0.3, -0.25) is 14.4 Å². The molecule has 1 aromatic heterocycles. The van der Waals surface area contributed by atoms with Crippen LogP contribution in [-0.2, 0) is 9.59 Å². The van der Waals surface area contributed by atoms with Gasteiger partial charge in [-0.1, -0.05) is 17.8 Å². The lowest BCUT2D eigenvalue weighted by molar-refractivity contribution is -0.120. The van der Waals surface area contributed by atoms with Crippen molar-refractivity contribution in [1.82, 2.24) is 0 Å². The number of furan rings is 1. The molecule has 0 saturated carbocycles. The van der Waals surface area contributed by atoms with Gasteiger partial charge < -0.3 is 24.5 Å². The Morgan fingerprint density at radius 3 is 2.15 bits per heavy atom. The van der Waals surface area contributed by atoms with Gasteiger partial charge in [0.15, 0.2) is 5.76 Å². The van der Waals surface area contributed by atoms with E-state index in [-0.39, 0.29) is 16.4 Å². The van der Waals surface area contributed by atoms with E-state index in [1.54, 1.807) is 99.1 Å². The zero-order valence-corrected chi connectivity index (χ0v) is 21.8. The van der Waals surface area contributed by atoms with E-state index in [1.165, 1.54) is 6.26 Å². The summed E-state index contributed by atoms with van der Waals surface area (Å²) >= 11 is 1.12. The van der Waals surface area contributed by atoms with Crippen LogP contribution in [-0.4, -0.2) is 31.9 Å². The normalized spacial score (nSPS) is 13.0. The first-order chi connectivity index (χ1) is 19.0. The monoisotopic (exact) mass is 541 g/mol. The molecule has 0 atom stereocenters. The van der Waals surface area contributed by atoms with Gasteiger partial charge in [-0.15, -0.1) is 0 Å². The molecule has 0 aliphatic carbocycles. The quantitative estimate of drug-likeness (QED) is 0.266. The second-order valence-corrected chi connectivity index (χ2v) is 9.35. The predicted molar refractivity (Wildman–Crippen MR) is 148 cm³/mol. The number of anilines is 3. The van der Waals surface area contributed by atoms with Gasteiger partial charge in [-0.2, -0.15) is 0 Å². The minimum absolute atomic E-state index is 0.135. The fourth-order valence-electron chi connectivity index (χ4n) is 3.85. The van der Waals surface area contributed by atoms with Crippen LogP contribution in [0.4, 0.5) is 17.1 Å². The number of nitrogens with zero attached hydrogens (tertiary/aromatic N) is 1. The van der Waals surface area contributed by atoms with Crippen molar-refractivity contribution >= 4 is 46.5 Å². The number of imide groups is 1. The van der Waals surface area contributed by atoms with Gasteiger partial charge >= 0.3 is 0 Å². The lowest BCUT2D eigenvalue weighted by Gasteiger charge is -2.15. The fraction of sp³-hybridized carbons (Fsp3) is 0.0690. The molecule has 0 saturated heterocycles. The first kappa shape index (κ1) is 25.7. The van der Waals surface area contributed by atoms with Crippen LogP contribution in [0, 0.1) is 0 Å². The van der Waals surface area contributed by atoms with Crippen molar-refractivity contribution in [3.63, 3.8) is 0 Å². The summed E-state index contributed by atoms with van der Waals surface area (Å²) in [5.41, 5.74) is 1.67. The van der Waals surface area contributed by atoms with E-state index in [1.807, 2.05) is 0 Å².